The van der Waals surface area contributed by atoms with Crippen LogP contribution in [0, 0.1) is 0 Å². The molecule has 0 fully saturated rings. The zero-order valence-corrected chi connectivity index (χ0v) is 10.8. The second-order valence-electron chi connectivity index (χ2n) is 3.97. The molecule has 0 aromatic carbocycles. The van der Waals surface area contributed by atoms with E-state index in [1.54, 1.807) is 6.92 Å². The molecule has 7 heteroatoms. The summed E-state index contributed by atoms with van der Waals surface area (Å²) >= 11 is 0. The van der Waals surface area contributed by atoms with Gasteiger partial charge in [-0.25, -0.2) is 8.42 Å². The van der Waals surface area contributed by atoms with Crippen LogP contribution in [0.1, 0.15) is 32.6 Å². The molecule has 0 aliphatic heterocycles. The summed E-state index contributed by atoms with van der Waals surface area (Å²) in [5.74, 6) is 0.225. The molecular formula is C10H20F3NO2S. The molecule has 0 aliphatic rings. The van der Waals surface area contributed by atoms with Gasteiger partial charge >= 0.3 is 6.18 Å². The standard InChI is InChI=1S/C10H20F3NO2S/c1-2-8-17(15,16)9-7-14-6-4-3-5-10(11,12)13/h14H,2-9H2,1H3. The Morgan fingerprint density at radius 1 is 1.06 bits per heavy atom. The van der Waals surface area contributed by atoms with Crippen LogP contribution < -0.4 is 5.32 Å². The normalized spacial score (nSPS) is 12.9. The van der Waals surface area contributed by atoms with Crippen molar-refractivity contribution in [2.45, 2.75) is 38.8 Å². The van der Waals surface area contributed by atoms with Crippen LogP contribution in [-0.2, 0) is 9.84 Å². The van der Waals surface area contributed by atoms with E-state index >= 15 is 0 Å². The predicted molar refractivity (Wildman–Crippen MR) is 61.7 cm³/mol. The Morgan fingerprint density at radius 3 is 2.24 bits per heavy atom. The summed E-state index contributed by atoms with van der Waals surface area (Å²) in [5, 5.41) is 2.84. The van der Waals surface area contributed by atoms with Crippen LogP contribution in [0.3, 0.4) is 0 Å². The zero-order chi connectivity index (χ0) is 13.4. The minimum atomic E-state index is -4.09. The minimum Gasteiger partial charge on any atom is -0.316 e. The summed E-state index contributed by atoms with van der Waals surface area (Å²) in [4.78, 5) is 0. The topological polar surface area (TPSA) is 46.2 Å². The SMILES string of the molecule is CCCS(=O)(=O)CCNCCCCC(F)(F)F. The molecule has 0 heterocycles. The first kappa shape index (κ1) is 16.7. The molecule has 0 bridgehead atoms. The van der Waals surface area contributed by atoms with Crippen molar-refractivity contribution in [3.63, 3.8) is 0 Å². The fraction of sp³-hybridized carbons (Fsp3) is 1.00. The maximum atomic E-state index is 11.8. The van der Waals surface area contributed by atoms with Gasteiger partial charge in [-0.15, -0.1) is 0 Å². The lowest BCUT2D eigenvalue weighted by atomic mass is 10.2. The van der Waals surface area contributed by atoms with Gasteiger partial charge < -0.3 is 5.32 Å². The zero-order valence-electron chi connectivity index (χ0n) is 10.0. The number of unbranched alkanes of at least 4 members (excludes halogenated alkanes) is 1. The lowest BCUT2D eigenvalue weighted by molar-refractivity contribution is -0.135. The Hall–Kier alpha value is -0.300. The Bertz CT molecular complexity index is 288. The summed E-state index contributed by atoms with van der Waals surface area (Å²) in [5.41, 5.74) is 0. The number of hydrogen-bond donors (Lipinski definition) is 1. The average molecular weight is 275 g/mol. The highest BCUT2D eigenvalue weighted by atomic mass is 32.2. The number of rotatable bonds is 9. The molecule has 17 heavy (non-hydrogen) atoms. The third-order valence-corrected chi connectivity index (χ3v) is 4.03. The molecule has 0 saturated heterocycles. The molecule has 0 rings (SSSR count). The third-order valence-electron chi connectivity index (χ3n) is 2.17. The quantitative estimate of drug-likeness (QED) is 0.656. The van der Waals surface area contributed by atoms with E-state index in [0.717, 1.165) is 0 Å². The smallest absolute Gasteiger partial charge is 0.316 e. The van der Waals surface area contributed by atoms with E-state index in [0.29, 0.717) is 25.9 Å². The molecule has 0 radical (unpaired) electrons. The van der Waals surface area contributed by atoms with Crippen LogP contribution in [0.25, 0.3) is 0 Å². The summed E-state index contributed by atoms with van der Waals surface area (Å²) in [7, 11) is -2.99. The first-order chi connectivity index (χ1) is 7.77. The fourth-order valence-corrected chi connectivity index (χ4v) is 2.62. The fourth-order valence-electron chi connectivity index (χ4n) is 1.34. The van der Waals surface area contributed by atoms with Gasteiger partial charge in [-0.1, -0.05) is 6.92 Å². The molecular weight excluding hydrogens is 255 g/mol. The van der Waals surface area contributed by atoms with E-state index in [1.165, 1.54) is 0 Å². The Morgan fingerprint density at radius 2 is 1.71 bits per heavy atom. The second-order valence-corrected chi connectivity index (χ2v) is 6.28. The van der Waals surface area contributed by atoms with Crippen molar-refractivity contribution in [3.05, 3.63) is 0 Å². The van der Waals surface area contributed by atoms with Crippen molar-refractivity contribution in [3.8, 4) is 0 Å². The van der Waals surface area contributed by atoms with E-state index in [4.69, 9.17) is 0 Å². The van der Waals surface area contributed by atoms with Crippen LogP contribution in [-0.4, -0.2) is 39.2 Å². The summed E-state index contributed by atoms with van der Waals surface area (Å²) in [6.45, 7) is 2.54. The molecule has 0 aromatic heterocycles. The number of alkyl halides is 3. The van der Waals surface area contributed by atoms with Gasteiger partial charge in [-0.2, -0.15) is 13.2 Å². The Balaban J connectivity index is 3.42. The van der Waals surface area contributed by atoms with Crippen LogP contribution >= 0.6 is 0 Å². The van der Waals surface area contributed by atoms with Crippen molar-refractivity contribution in [2.75, 3.05) is 24.6 Å². The molecule has 0 aromatic rings. The van der Waals surface area contributed by atoms with Crippen molar-refractivity contribution in [1.82, 2.24) is 5.32 Å². The van der Waals surface area contributed by atoms with Gasteiger partial charge in [-0.05, 0) is 25.8 Å². The summed E-state index contributed by atoms with van der Waals surface area (Å²) in [6, 6.07) is 0. The predicted octanol–water partition coefficient (Wildman–Crippen LogP) is 2.13. The lowest BCUT2D eigenvalue weighted by Crippen LogP contribution is -2.25. The summed E-state index contributed by atoms with van der Waals surface area (Å²) < 4.78 is 57.8. The van der Waals surface area contributed by atoms with Crippen molar-refractivity contribution >= 4 is 9.84 Å². The maximum Gasteiger partial charge on any atom is 0.389 e. The van der Waals surface area contributed by atoms with Gasteiger partial charge in [0.2, 0.25) is 0 Å². The first-order valence-electron chi connectivity index (χ1n) is 5.75. The maximum absolute atomic E-state index is 11.8. The van der Waals surface area contributed by atoms with Gasteiger partial charge in [0.1, 0.15) is 0 Å². The van der Waals surface area contributed by atoms with Crippen molar-refractivity contribution in [2.24, 2.45) is 0 Å². The average Bonchev–Trinajstić information content (AvgIpc) is 2.14. The van der Waals surface area contributed by atoms with Crippen LogP contribution in [0.15, 0.2) is 0 Å². The largest absolute Gasteiger partial charge is 0.389 e. The highest BCUT2D eigenvalue weighted by Crippen LogP contribution is 2.21. The molecule has 0 unspecified atom stereocenters. The molecule has 104 valence electrons. The molecule has 0 atom stereocenters. The van der Waals surface area contributed by atoms with Crippen molar-refractivity contribution < 1.29 is 21.6 Å². The highest BCUT2D eigenvalue weighted by Gasteiger charge is 2.25. The third kappa shape index (κ3) is 12.0. The number of nitrogens with one attached hydrogen (secondary N) is 1. The van der Waals surface area contributed by atoms with Gasteiger partial charge in [0.25, 0.3) is 0 Å². The van der Waals surface area contributed by atoms with Crippen molar-refractivity contribution in [1.29, 1.82) is 0 Å². The number of sulfone groups is 1. The summed E-state index contributed by atoms with van der Waals surface area (Å²) in [6.07, 6.45) is -3.78. The molecule has 0 saturated carbocycles. The molecule has 3 nitrogen and oxygen atoms in total. The first-order valence-corrected chi connectivity index (χ1v) is 7.57. The van der Waals surface area contributed by atoms with Gasteiger partial charge in [0.15, 0.2) is 9.84 Å². The Labute approximate surface area is 101 Å². The van der Waals surface area contributed by atoms with Gasteiger partial charge in [0, 0.05) is 18.7 Å². The van der Waals surface area contributed by atoms with Crippen LogP contribution in [0.2, 0.25) is 0 Å². The van der Waals surface area contributed by atoms with Crippen LogP contribution in [0.4, 0.5) is 13.2 Å². The second kappa shape index (κ2) is 7.92. The lowest BCUT2D eigenvalue weighted by Gasteiger charge is -2.07. The monoisotopic (exact) mass is 275 g/mol. The van der Waals surface area contributed by atoms with E-state index in [9.17, 15) is 21.6 Å². The number of hydrogen-bond acceptors (Lipinski definition) is 3. The molecule has 0 amide bonds. The van der Waals surface area contributed by atoms with E-state index < -0.39 is 22.4 Å². The molecule has 0 aliphatic carbocycles. The number of halogens is 3. The van der Waals surface area contributed by atoms with E-state index in [-0.39, 0.29) is 17.9 Å². The van der Waals surface area contributed by atoms with E-state index in [1.807, 2.05) is 0 Å². The Kier molecular flexibility index (Phi) is 7.78. The van der Waals surface area contributed by atoms with Gasteiger partial charge in [-0.3, -0.25) is 0 Å². The highest BCUT2D eigenvalue weighted by molar-refractivity contribution is 7.91. The molecule has 0 spiro atoms. The van der Waals surface area contributed by atoms with Crippen LogP contribution in [0.5, 0.6) is 0 Å². The van der Waals surface area contributed by atoms with E-state index in [2.05, 4.69) is 5.32 Å². The minimum absolute atomic E-state index is 0.0557. The molecule has 1 N–H and O–H groups in total. The van der Waals surface area contributed by atoms with Gasteiger partial charge in [0.05, 0.1) is 5.75 Å².